The molecule has 108 valence electrons. The van der Waals surface area contributed by atoms with Crippen LogP contribution in [0.2, 0.25) is 0 Å². The van der Waals surface area contributed by atoms with Crippen molar-refractivity contribution >= 4 is 33.3 Å². The summed E-state index contributed by atoms with van der Waals surface area (Å²) in [5.41, 5.74) is 0.959. The molecule has 0 atom stereocenters. The Labute approximate surface area is 129 Å². The van der Waals surface area contributed by atoms with E-state index >= 15 is 0 Å². The molecule has 1 aliphatic rings. The van der Waals surface area contributed by atoms with Crippen LogP contribution in [0, 0.1) is 0 Å². The quantitative estimate of drug-likeness (QED) is 0.792. The van der Waals surface area contributed by atoms with Crippen molar-refractivity contribution in [3.63, 3.8) is 0 Å². The van der Waals surface area contributed by atoms with Crippen LogP contribution in [0.4, 0.5) is 5.69 Å². The van der Waals surface area contributed by atoms with Crippen molar-refractivity contribution in [2.24, 2.45) is 0 Å². The first-order chi connectivity index (χ1) is 10.1. The van der Waals surface area contributed by atoms with Gasteiger partial charge in [-0.2, -0.15) is 4.98 Å². The highest BCUT2D eigenvalue weighted by molar-refractivity contribution is 9.10. The Morgan fingerprint density at radius 3 is 2.90 bits per heavy atom. The van der Waals surface area contributed by atoms with Crippen molar-refractivity contribution < 1.29 is 14.1 Å². The highest BCUT2D eigenvalue weighted by Gasteiger charge is 2.37. The number of aromatic nitrogens is 2. The van der Waals surface area contributed by atoms with E-state index in [0.717, 1.165) is 6.42 Å². The minimum absolute atomic E-state index is 0.118. The largest absolute Gasteiger partial charge is 0.339 e. The number of aryl methyl sites for hydroxylation is 1. The van der Waals surface area contributed by atoms with Crippen LogP contribution in [-0.2, 0) is 17.8 Å². The van der Waals surface area contributed by atoms with Gasteiger partial charge in [-0.3, -0.25) is 14.5 Å². The number of hydrogen-bond donors (Lipinski definition) is 0. The molecule has 0 aliphatic carbocycles. The minimum Gasteiger partial charge on any atom is -0.339 e. The molecule has 7 heteroatoms. The van der Waals surface area contributed by atoms with E-state index in [1.54, 1.807) is 18.2 Å². The molecule has 1 aromatic carbocycles. The van der Waals surface area contributed by atoms with E-state index in [1.807, 2.05) is 6.92 Å². The summed E-state index contributed by atoms with van der Waals surface area (Å²) in [5.74, 6) is -0.150. The van der Waals surface area contributed by atoms with Gasteiger partial charge in [-0.15, -0.1) is 0 Å². The third-order valence-electron chi connectivity index (χ3n) is 3.21. The number of carbonyl (C=O) groups excluding carboxylic acids is 2. The van der Waals surface area contributed by atoms with E-state index in [9.17, 15) is 9.59 Å². The molecule has 2 aromatic rings. The number of ketones is 1. The van der Waals surface area contributed by atoms with Gasteiger partial charge in [-0.25, -0.2) is 0 Å². The second kappa shape index (κ2) is 5.40. The molecular formula is C14H12BrN3O3. The van der Waals surface area contributed by atoms with Crippen molar-refractivity contribution in [2.75, 3.05) is 4.90 Å². The molecule has 1 aromatic heterocycles. The maximum atomic E-state index is 12.1. The van der Waals surface area contributed by atoms with Gasteiger partial charge in [-0.05, 0) is 34.5 Å². The molecule has 0 saturated heterocycles. The molecule has 2 heterocycles. The summed E-state index contributed by atoms with van der Waals surface area (Å²) >= 11 is 3.38. The number of rotatable bonds is 4. The lowest BCUT2D eigenvalue weighted by Gasteiger charge is -2.15. The summed E-state index contributed by atoms with van der Waals surface area (Å²) in [6.45, 7) is 2.13. The third kappa shape index (κ3) is 2.37. The lowest BCUT2D eigenvalue weighted by molar-refractivity contribution is -0.114. The smallest absolute Gasteiger partial charge is 0.299 e. The van der Waals surface area contributed by atoms with E-state index in [4.69, 9.17) is 4.52 Å². The number of anilines is 1. The summed E-state index contributed by atoms with van der Waals surface area (Å²) in [5, 5.41) is 3.85. The summed E-state index contributed by atoms with van der Waals surface area (Å²) in [4.78, 5) is 29.7. The van der Waals surface area contributed by atoms with Gasteiger partial charge in [0.25, 0.3) is 11.7 Å². The summed E-state index contributed by atoms with van der Waals surface area (Å²) in [7, 11) is 0. The van der Waals surface area contributed by atoms with Crippen molar-refractivity contribution in [3.8, 4) is 0 Å². The fourth-order valence-electron chi connectivity index (χ4n) is 2.27. The second-order valence-corrected chi connectivity index (χ2v) is 5.57. The molecule has 1 amide bonds. The molecule has 3 rings (SSSR count). The SMILES string of the molecule is CCCc1nc(CN2C(=O)C(=O)c3cccc(Br)c32)no1. The first kappa shape index (κ1) is 13.9. The van der Waals surface area contributed by atoms with Gasteiger partial charge in [0.05, 0.1) is 17.8 Å². The van der Waals surface area contributed by atoms with Crippen LogP contribution >= 0.6 is 15.9 Å². The lowest BCUT2D eigenvalue weighted by Crippen LogP contribution is -2.29. The Hall–Kier alpha value is -2.02. The number of halogens is 1. The normalized spacial score (nSPS) is 13.9. The van der Waals surface area contributed by atoms with Crippen LogP contribution in [0.5, 0.6) is 0 Å². The van der Waals surface area contributed by atoms with Crippen LogP contribution in [0.25, 0.3) is 0 Å². The number of benzene rings is 1. The van der Waals surface area contributed by atoms with Gasteiger partial charge in [0.1, 0.15) is 0 Å². The molecule has 0 unspecified atom stereocenters. The van der Waals surface area contributed by atoms with Crippen LogP contribution in [0.3, 0.4) is 0 Å². The topological polar surface area (TPSA) is 76.3 Å². The standard InChI is InChI=1S/C14H12BrN3O3/c1-2-4-11-16-10(17-21-11)7-18-12-8(13(19)14(18)20)5-3-6-9(12)15/h3,5-6H,2,4,7H2,1H3. The van der Waals surface area contributed by atoms with Crippen molar-refractivity contribution in [2.45, 2.75) is 26.3 Å². The van der Waals surface area contributed by atoms with Gasteiger partial charge in [-0.1, -0.05) is 18.1 Å². The van der Waals surface area contributed by atoms with Crippen molar-refractivity contribution in [3.05, 3.63) is 40.0 Å². The van der Waals surface area contributed by atoms with Gasteiger partial charge in [0, 0.05) is 10.9 Å². The first-order valence-corrected chi connectivity index (χ1v) is 7.37. The Bertz CT molecular complexity index is 726. The number of nitrogens with zero attached hydrogens (tertiary/aromatic N) is 3. The van der Waals surface area contributed by atoms with E-state index < -0.39 is 11.7 Å². The van der Waals surface area contributed by atoms with Crippen molar-refractivity contribution in [1.82, 2.24) is 10.1 Å². The van der Waals surface area contributed by atoms with E-state index in [2.05, 4.69) is 26.1 Å². The molecule has 1 aliphatic heterocycles. The number of hydrogen-bond acceptors (Lipinski definition) is 5. The molecule has 21 heavy (non-hydrogen) atoms. The Morgan fingerprint density at radius 2 is 2.14 bits per heavy atom. The monoisotopic (exact) mass is 349 g/mol. The molecule has 0 N–H and O–H groups in total. The predicted molar refractivity (Wildman–Crippen MR) is 78.0 cm³/mol. The lowest BCUT2D eigenvalue weighted by atomic mass is 10.1. The Kier molecular flexibility index (Phi) is 3.59. The summed E-state index contributed by atoms with van der Waals surface area (Å²) < 4.78 is 5.79. The second-order valence-electron chi connectivity index (χ2n) is 4.71. The first-order valence-electron chi connectivity index (χ1n) is 6.58. The predicted octanol–water partition coefficient (Wildman–Crippen LogP) is 2.51. The van der Waals surface area contributed by atoms with Crippen LogP contribution in [-0.4, -0.2) is 21.8 Å². The molecule has 0 saturated carbocycles. The van der Waals surface area contributed by atoms with Crippen LogP contribution in [0.1, 0.15) is 35.4 Å². The Balaban J connectivity index is 1.92. The fourth-order valence-corrected chi connectivity index (χ4v) is 2.85. The zero-order chi connectivity index (χ0) is 15.0. The number of Topliss-reactive ketones (excluding diaryl/α,β-unsaturated/α-hetero) is 1. The van der Waals surface area contributed by atoms with E-state index in [1.165, 1.54) is 4.90 Å². The molecule has 0 fully saturated rings. The molecule has 0 radical (unpaired) electrons. The highest BCUT2D eigenvalue weighted by atomic mass is 79.9. The van der Waals surface area contributed by atoms with Gasteiger partial charge >= 0.3 is 0 Å². The van der Waals surface area contributed by atoms with Crippen LogP contribution in [0.15, 0.2) is 27.2 Å². The summed E-state index contributed by atoms with van der Waals surface area (Å²) in [6.07, 6.45) is 1.59. The van der Waals surface area contributed by atoms with Crippen LogP contribution < -0.4 is 4.90 Å². The highest BCUT2D eigenvalue weighted by Crippen LogP contribution is 2.36. The third-order valence-corrected chi connectivity index (χ3v) is 3.85. The average molecular weight is 350 g/mol. The van der Waals surface area contributed by atoms with Gasteiger partial charge < -0.3 is 4.52 Å². The molecular weight excluding hydrogens is 338 g/mol. The van der Waals surface area contributed by atoms with Gasteiger partial charge in [0.15, 0.2) is 5.82 Å². The number of amides is 1. The van der Waals surface area contributed by atoms with Crippen molar-refractivity contribution in [1.29, 1.82) is 0 Å². The zero-order valence-corrected chi connectivity index (χ0v) is 12.9. The van der Waals surface area contributed by atoms with Gasteiger partial charge in [0.2, 0.25) is 5.89 Å². The number of fused-ring (bicyclic) bond motifs is 1. The van der Waals surface area contributed by atoms with E-state index in [0.29, 0.717) is 33.9 Å². The summed E-state index contributed by atoms with van der Waals surface area (Å²) in [6, 6.07) is 5.15. The molecule has 0 bridgehead atoms. The van der Waals surface area contributed by atoms with E-state index in [-0.39, 0.29) is 6.54 Å². The Morgan fingerprint density at radius 1 is 1.33 bits per heavy atom. The average Bonchev–Trinajstić information content (AvgIpc) is 3.00. The fraction of sp³-hybridized carbons (Fsp3) is 0.286. The molecule has 6 nitrogen and oxygen atoms in total. The molecule has 0 spiro atoms. The maximum Gasteiger partial charge on any atom is 0.299 e. The maximum absolute atomic E-state index is 12.1. The number of para-hydroxylation sites is 1. The minimum atomic E-state index is -0.571. The number of carbonyl (C=O) groups is 2. The zero-order valence-electron chi connectivity index (χ0n) is 11.3.